The number of carbonyl (C=O) groups excluding carboxylic acids is 1. The Labute approximate surface area is 92.6 Å². The van der Waals surface area contributed by atoms with Crippen molar-refractivity contribution in [3.05, 3.63) is 39.9 Å². The molecule has 0 bridgehead atoms. The lowest BCUT2D eigenvalue weighted by Gasteiger charge is -1.94. The summed E-state index contributed by atoms with van der Waals surface area (Å²) in [6.07, 6.45) is 0. The Morgan fingerprint density at radius 2 is 2.19 bits per heavy atom. The van der Waals surface area contributed by atoms with Crippen LogP contribution < -0.4 is 5.32 Å². The fourth-order valence-electron chi connectivity index (χ4n) is 1.05. The number of nitro benzene ring substituents is 1. The molecule has 0 aliphatic heterocycles. The molecular formula is C11H10N2O3. The third-order valence-electron chi connectivity index (χ3n) is 1.75. The number of para-hydroxylation sites is 1. The quantitative estimate of drug-likeness (QED) is 0.458. The Bertz CT molecular complexity index is 472. The minimum Gasteiger partial charge on any atom is -0.345 e. The maximum atomic E-state index is 10.6. The summed E-state index contributed by atoms with van der Waals surface area (Å²) in [5, 5.41) is 13.1. The summed E-state index contributed by atoms with van der Waals surface area (Å²) < 4.78 is 0. The second-order valence-electron chi connectivity index (χ2n) is 2.99. The molecule has 0 aliphatic carbocycles. The van der Waals surface area contributed by atoms with Gasteiger partial charge in [0, 0.05) is 13.0 Å². The summed E-state index contributed by atoms with van der Waals surface area (Å²) in [4.78, 5) is 20.7. The van der Waals surface area contributed by atoms with Crippen LogP contribution in [-0.4, -0.2) is 17.4 Å². The van der Waals surface area contributed by atoms with Crippen LogP contribution in [-0.2, 0) is 4.79 Å². The van der Waals surface area contributed by atoms with Gasteiger partial charge in [-0.25, -0.2) is 0 Å². The summed E-state index contributed by atoms with van der Waals surface area (Å²) in [5.74, 6) is 5.10. The summed E-state index contributed by atoms with van der Waals surface area (Å²) in [7, 11) is 0. The van der Waals surface area contributed by atoms with E-state index in [9.17, 15) is 14.9 Å². The van der Waals surface area contributed by atoms with Crippen LogP contribution in [0, 0.1) is 22.0 Å². The van der Waals surface area contributed by atoms with Crippen molar-refractivity contribution < 1.29 is 9.72 Å². The number of nitro groups is 1. The fourth-order valence-corrected chi connectivity index (χ4v) is 1.05. The molecule has 16 heavy (non-hydrogen) atoms. The molecule has 1 aromatic rings. The predicted molar refractivity (Wildman–Crippen MR) is 58.7 cm³/mol. The number of hydrogen-bond donors (Lipinski definition) is 1. The molecule has 0 spiro atoms. The molecule has 1 N–H and O–H groups in total. The zero-order chi connectivity index (χ0) is 12.0. The first-order valence-corrected chi connectivity index (χ1v) is 4.58. The van der Waals surface area contributed by atoms with Crippen LogP contribution in [0.1, 0.15) is 12.5 Å². The summed E-state index contributed by atoms with van der Waals surface area (Å²) >= 11 is 0. The van der Waals surface area contributed by atoms with Gasteiger partial charge in [-0.2, -0.15) is 0 Å². The lowest BCUT2D eigenvalue weighted by Crippen LogP contribution is -2.19. The van der Waals surface area contributed by atoms with Gasteiger partial charge in [0.05, 0.1) is 11.5 Å². The highest BCUT2D eigenvalue weighted by Gasteiger charge is 2.09. The van der Waals surface area contributed by atoms with Crippen molar-refractivity contribution in [2.75, 3.05) is 6.54 Å². The number of carbonyl (C=O) groups is 1. The van der Waals surface area contributed by atoms with Crippen molar-refractivity contribution in [3.8, 4) is 11.8 Å². The molecule has 1 rings (SSSR count). The molecular weight excluding hydrogens is 208 g/mol. The number of nitrogens with one attached hydrogen (secondary N) is 1. The number of benzene rings is 1. The summed E-state index contributed by atoms with van der Waals surface area (Å²) in [6, 6.07) is 6.22. The Kier molecular flexibility index (Phi) is 4.04. The van der Waals surface area contributed by atoms with E-state index in [1.165, 1.54) is 13.0 Å². The van der Waals surface area contributed by atoms with Gasteiger partial charge in [0.2, 0.25) is 5.91 Å². The summed E-state index contributed by atoms with van der Waals surface area (Å²) in [5.41, 5.74) is 0.315. The molecule has 5 heteroatoms. The molecule has 1 amide bonds. The van der Waals surface area contributed by atoms with Gasteiger partial charge in [-0.3, -0.25) is 14.9 Å². The van der Waals surface area contributed by atoms with Crippen molar-refractivity contribution in [2.45, 2.75) is 6.92 Å². The predicted octanol–water partition coefficient (Wildman–Crippen LogP) is 1.08. The molecule has 0 aromatic heterocycles. The normalized spacial score (nSPS) is 8.81. The first-order valence-electron chi connectivity index (χ1n) is 4.58. The summed E-state index contributed by atoms with van der Waals surface area (Å²) in [6.45, 7) is 1.56. The molecule has 0 fully saturated rings. The standard InChI is InChI=1S/C11H10N2O3/c1-9(14)12-8-4-6-10-5-2-3-7-11(10)13(15)16/h2-3,5,7H,8H2,1H3,(H,12,14). The highest BCUT2D eigenvalue weighted by atomic mass is 16.6. The van der Waals surface area contributed by atoms with Crippen LogP contribution >= 0.6 is 0 Å². The van der Waals surface area contributed by atoms with Gasteiger partial charge in [0.15, 0.2) is 0 Å². The lowest BCUT2D eigenvalue weighted by molar-refractivity contribution is -0.385. The first-order chi connectivity index (χ1) is 7.61. The van der Waals surface area contributed by atoms with Crippen LogP contribution in [0.5, 0.6) is 0 Å². The molecule has 0 aliphatic rings. The van der Waals surface area contributed by atoms with E-state index in [4.69, 9.17) is 0 Å². The number of amides is 1. The second-order valence-corrected chi connectivity index (χ2v) is 2.99. The van der Waals surface area contributed by atoms with Crippen LogP contribution in [0.25, 0.3) is 0 Å². The molecule has 82 valence electrons. The van der Waals surface area contributed by atoms with E-state index >= 15 is 0 Å². The van der Waals surface area contributed by atoms with E-state index in [2.05, 4.69) is 17.2 Å². The van der Waals surface area contributed by atoms with E-state index < -0.39 is 4.92 Å². The van der Waals surface area contributed by atoms with Crippen molar-refractivity contribution in [1.82, 2.24) is 5.32 Å². The molecule has 1 aromatic carbocycles. The second kappa shape index (κ2) is 5.51. The fraction of sp³-hybridized carbons (Fsp3) is 0.182. The van der Waals surface area contributed by atoms with E-state index in [1.807, 2.05) is 0 Å². The van der Waals surface area contributed by atoms with Gasteiger partial charge < -0.3 is 5.32 Å². The highest BCUT2D eigenvalue weighted by molar-refractivity contribution is 5.73. The van der Waals surface area contributed by atoms with Crippen molar-refractivity contribution >= 4 is 11.6 Å². The van der Waals surface area contributed by atoms with Crippen LogP contribution in [0.4, 0.5) is 5.69 Å². The van der Waals surface area contributed by atoms with Gasteiger partial charge in [-0.15, -0.1) is 0 Å². The molecule has 0 atom stereocenters. The number of nitrogens with zero attached hydrogens (tertiary/aromatic N) is 1. The maximum Gasteiger partial charge on any atom is 0.284 e. The monoisotopic (exact) mass is 218 g/mol. The van der Waals surface area contributed by atoms with E-state index in [-0.39, 0.29) is 18.1 Å². The van der Waals surface area contributed by atoms with Crippen molar-refractivity contribution in [2.24, 2.45) is 0 Å². The molecule has 5 nitrogen and oxygen atoms in total. The third kappa shape index (κ3) is 3.42. The Hall–Kier alpha value is -2.35. The highest BCUT2D eigenvalue weighted by Crippen LogP contribution is 2.15. The van der Waals surface area contributed by atoms with Crippen LogP contribution in [0.3, 0.4) is 0 Å². The van der Waals surface area contributed by atoms with Gasteiger partial charge in [0.1, 0.15) is 5.56 Å². The van der Waals surface area contributed by atoms with Gasteiger partial charge >= 0.3 is 0 Å². The molecule has 0 heterocycles. The van der Waals surface area contributed by atoms with Crippen molar-refractivity contribution in [3.63, 3.8) is 0 Å². The molecule has 0 radical (unpaired) electrons. The average Bonchev–Trinajstić information content (AvgIpc) is 2.24. The van der Waals surface area contributed by atoms with Gasteiger partial charge in [-0.05, 0) is 6.07 Å². The van der Waals surface area contributed by atoms with Gasteiger partial charge in [0.25, 0.3) is 5.69 Å². The smallest absolute Gasteiger partial charge is 0.284 e. The zero-order valence-corrected chi connectivity index (χ0v) is 8.69. The van der Waals surface area contributed by atoms with Crippen molar-refractivity contribution in [1.29, 1.82) is 0 Å². The maximum absolute atomic E-state index is 10.6. The third-order valence-corrected chi connectivity index (χ3v) is 1.75. The van der Waals surface area contributed by atoms with E-state index in [0.717, 1.165) is 0 Å². The minimum atomic E-state index is -0.484. The van der Waals surface area contributed by atoms with E-state index in [0.29, 0.717) is 5.56 Å². The number of hydrogen-bond acceptors (Lipinski definition) is 3. The Morgan fingerprint density at radius 3 is 2.81 bits per heavy atom. The zero-order valence-electron chi connectivity index (χ0n) is 8.69. The van der Waals surface area contributed by atoms with Gasteiger partial charge in [-0.1, -0.05) is 24.0 Å². The molecule has 0 saturated heterocycles. The Morgan fingerprint density at radius 1 is 1.50 bits per heavy atom. The molecule has 0 saturated carbocycles. The average molecular weight is 218 g/mol. The topological polar surface area (TPSA) is 72.2 Å². The largest absolute Gasteiger partial charge is 0.345 e. The molecule has 0 unspecified atom stereocenters. The number of rotatable bonds is 2. The first kappa shape index (κ1) is 11.7. The van der Waals surface area contributed by atoms with E-state index in [1.54, 1.807) is 18.2 Å². The minimum absolute atomic E-state index is 0.0298. The Balaban J connectivity index is 2.80. The SMILES string of the molecule is CC(=O)NCC#Cc1ccccc1[N+](=O)[O-]. The lowest BCUT2D eigenvalue weighted by atomic mass is 10.2. The van der Waals surface area contributed by atoms with Crippen LogP contribution in [0.15, 0.2) is 24.3 Å². The van der Waals surface area contributed by atoms with Crippen LogP contribution in [0.2, 0.25) is 0 Å².